The Hall–Kier alpha value is -2.56. The molecule has 2 aromatic rings. The van der Waals surface area contributed by atoms with Crippen LogP contribution in [0.15, 0.2) is 53.5 Å². The van der Waals surface area contributed by atoms with Crippen LogP contribution in [-0.2, 0) is 6.42 Å². The quantitative estimate of drug-likeness (QED) is 0.600. The number of benzene rings is 2. The van der Waals surface area contributed by atoms with Gasteiger partial charge >= 0.3 is 0 Å². The summed E-state index contributed by atoms with van der Waals surface area (Å²) in [5.41, 5.74) is 3.52. The minimum atomic E-state index is -0.193. The Bertz CT molecular complexity index is 768. The predicted molar refractivity (Wildman–Crippen MR) is 111 cm³/mol. The number of nitrogens with one attached hydrogen (secondary N) is 2. The highest BCUT2D eigenvalue weighted by Crippen LogP contribution is 2.23. The van der Waals surface area contributed by atoms with Gasteiger partial charge in [0.1, 0.15) is 5.82 Å². The number of nitrogens with zero attached hydrogens (tertiary/aromatic N) is 2. The molecule has 2 N–H and O–H groups in total. The van der Waals surface area contributed by atoms with E-state index in [2.05, 4.69) is 51.7 Å². The molecule has 0 amide bonds. The van der Waals surface area contributed by atoms with E-state index in [1.165, 1.54) is 30.2 Å². The third-order valence-corrected chi connectivity index (χ3v) is 5.01. The lowest BCUT2D eigenvalue weighted by molar-refractivity contribution is 0.624. The third-order valence-electron chi connectivity index (χ3n) is 5.01. The monoisotopic (exact) mass is 368 g/mol. The second-order valence-corrected chi connectivity index (χ2v) is 7.03. The fourth-order valence-corrected chi connectivity index (χ4v) is 3.47. The van der Waals surface area contributed by atoms with Crippen LogP contribution in [0.5, 0.6) is 0 Å². The van der Waals surface area contributed by atoms with Crippen molar-refractivity contribution in [3.63, 3.8) is 0 Å². The first-order chi connectivity index (χ1) is 13.2. The zero-order chi connectivity index (χ0) is 19.1. The van der Waals surface area contributed by atoms with E-state index in [1.54, 1.807) is 19.2 Å². The van der Waals surface area contributed by atoms with Crippen LogP contribution in [0.1, 0.15) is 36.9 Å². The highest BCUT2D eigenvalue weighted by molar-refractivity contribution is 5.80. The van der Waals surface area contributed by atoms with Gasteiger partial charge in [0.05, 0.1) is 6.04 Å². The number of guanidine groups is 1. The summed E-state index contributed by atoms with van der Waals surface area (Å²) in [6.07, 6.45) is 3.30. The summed E-state index contributed by atoms with van der Waals surface area (Å²) in [6, 6.07) is 15.6. The highest BCUT2D eigenvalue weighted by atomic mass is 19.1. The lowest BCUT2D eigenvalue weighted by Crippen LogP contribution is -2.39. The van der Waals surface area contributed by atoms with Crippen molar-refractivity contribution in [2.75, 3.05) is 31.6 Å². The Morgan fingerprint density at radius 3 is 2.67 bits per heavy atom. The van der Waals surface area contributed by atoms with Crippen molar-refractivity contribution in [3.8, 4) is 0 Å². The molecule has 1 aliphatic rings. The van der Waals surface area contributed by atoms with Crippen molar-refractivity contribution in [3.05, 3.63) is 65.5 Å². The Labute approximate surface area is 161 Å². The van der Waals surface area contributed by atoms with Crippen molar-refractivity contribution >= 4 is 11.6 Å². The lowest BCUT2D eigenvalue weighted by atomic mass is 10.1. The smallest absolute Gasteiger partial charge is 0.191 e. The van der Waals surface area contributed by atoms with Crippen LogP contribution in [0.25, 0.3) is 0 Å². The van der Waals surface area contributed by atoms with E-state index in [0.29, 0.717) is 6.54 Å². The van der Waals surface area contributed by atoms with Crippen molar-refractivity contribution in [1.29, 1.82) is 0 Å². The fourth-order valence-electron chi connectivity index (χ4n) is 3.47. The van der Waals surface area contributed by atoms with Gasteiger partial charge in [0.2, 0.25) is 0 Å². The number of hydrogen-bond donors (Lipinski definition) is 2. The second-order valence-electron chi connectivity index (χ2n) is 7.03. The van der Waals surface area contributed by atoms with Gasteiger partial charge in [0.15, 0.2) is 5.96 Å². The summed E-state index contributed by atoms with van der Waals surface area (Å²) < 4.78 is 13.3. The number of anilines is 1. The van der Waals surface area contributed by atoms with Crippen molar-refractivity contribution in [2.45, 2.75) is 32.2 Å². The molecule has 0 saturated carbocycles. The molecule has 3 rings (SSSR count). The van der Waals surface area contributed by atoms with Gasteiger partial charge in [-0.1, -0.05) is 24.3 Å². The standard InChI is InChI=1S/C22H29FN4/c1-17(19-8-6-10-21(16-19)27-13-3-4-14-27)26-22(24-2)25-12-11-18-7-5-9-20(23)15-18/h5-10,15-17H,3-4,11-14H2,1-2H3,(H2,24,25,26). The summed E-state index contributed by atoms with van der Waals surface area (Å²) >= 11 is 0. The van der Waals surface area contributed by atoms with Crippen LogP contribution >= 0.6 is 0 Å². The van der Waals surface area contributed by atoms with Gasteiger partial charge < -0.3 is 15.5 Å². The summed E-state index contributed by atoms with van der Waals surface area (Å²) in [4.78, 5) is 6.76. The Morgan fingerprint density at radius 1 is 1.15 bits per heavy atom. The number of hydrogen-bond acceptors (Lipinski definition) is 2. The molecule has 144 valence electrons. The molecule has 1 aliphatic heterocycles. The molecule has 0 radical (unpaired) electrons. The van der Waals surface area contributed by atoms with E-state index in [0.717, 1.165) is 31.0 Å². The topological polar surface area (TPSA) is 39.7 Å². The molecule has 5 heteroatoms. The SMILES string of the molecule is CN=C(NCCc1cccc(F)c1)NC(C)c1cccc(N2CCCC2)c1. The van der Waals surface area contributed by atoms with E-state index in [4.69, 9.17) is 0 Å². The van der Waals surface area contributed by atoms with E-state index in [-0.39, 0.29) is 11.9 Å². The maximum absolute atomic E-state index is 13.3. The van der Waals surface area contributed by atoms with Gasteiger partial charge in [-0.15, -0.1) is 0 Å². The molecule has 4 nitrogen and oxygen atoms in total. The predicted octanol–water partition coefficient (Wildman–Crippen LogP) is 3.89. The first-order valence-corrected chi connectivity index (χ1v) is 9.72. The zero-order valence-corrected chi connectivity index (χ0v) is 16.2. The molecule has 0 bridgehead atoms. The molecule has 0 spiro atoms. The van der Waals surface area contributed by atoms with Gasteiger partial charge in [-0.25, -0.2) is 4.39 Å². The summed E-state index contributed by atoms with van der Waals surface area (Å²) in [6.45, 7) is 5.13. The van der Waals surface area contributed by atoms with E-state index >= 15 is 0 Å². The van der Waals surface area contributed by atoms with Crippen LogP contribution in [0.4, 0.5) is 10.1 Å². The van der Waals surface area contributed by atoms with Gasteiger partial charge in [-0.3, -0.25) is 4.99 Å². The molecule has 1 fully saturated rings. The molecular weight excluding hydrogens is 339 g/mol. The van der Waals surface area contributed by atoms with Gasteiger partial charge in [-0.05, 0) is 61.6 Å². The number of aliphatic imine (C=N–C) groups is 1. The molecule has 2 aromatic carbocycles. The minimum Gasteiger partial charge on any atom is -0.372 e. The van der Waals surface area contributed by atoms with Crippen molar-refractivity contribution in [2.24, 2.45) is 4.99 Å². The van der Waals surface area contributed by atoms with Crippen LogP contribution < -0.4 is 15.5 Å². The summed E-state index contributed by atoms with van der Waals surface area (Å²) in [5.74, 6) is 0.562. The number of halogens is 1. The first kappa shape index (κ1) is 19.2. The van der Waals surface area contributed by atoms with Gasteiger partial charge in [0.25, 0.3) is 0 Å². The first-order valence-electron chi connectivity index (χ1n) is 9.72. The maximum Gasteiger partial charge on any atom is 0.191 e. The normalized spacial score (nSPS) is 15.7. The minimum absolute atomic E-state index is 0.146. The molecule has 1 heterocycles. The van der Waals surface area contributed by atoms with Crippen LogP contribution in [0.2, 0.25) is 0 Å². The maximum atomic E-state index is 13.3. The lowest BCUT2D eigenvalue weighted by Gasteiger charge is -2.22. The van der Waals surface area contributed by atoms with Crippen molar-refractivity contribution in [1.82, 2.24) is 10.6 Å². The molecule has 1 saturated heterocycles. The zero-order valence-electron chi connectivity index (χ0n) is 16.2. The summed E-state index contributed by atoms with van der Waals surface area (Å²) in [5, 5.41) is 6.76. The summed E-state index contributed by atoms with van der Waals surface area (Å²) in [7, 11) is 1.77. The highest BCUT2D eigenvalue weighted by Gasteiger charge is 2.14. The molecule has 0 aromatic heterocycles. The third kappa shape index (κ3) is 5.46. The van der Waals surface area contributed by atoms with Crippen molar-refractivity contribution < 1.29 is 4.39 Å². The van der Waals surface area contributed by atoms with Crippen LogP contribution in [0, 0.1) is 5.82 Å². The molecule has 27 heavy (non-hydrogen) atoms. The second kappa shape index (κ2) is 9.40. The van der Waals surface area contributed by atoms with Gasteiger partial charge in [-0.2, -0.15) is 0 Å². The fraction of sp³-hybridized carbons (Fsp3) is 0.409. The molecule has 1 atom stereocenters. The largest absolute Gasteiger partial charge is 0.372 e. The Morgan fingerprint density at radius 2 is 1.93 bits per heavy atom. The number of rotatable bonds is 6. The Kier molecular flexibility index (Phi) is 6.69. The average molecular weight is 369 g/mol. The van der Waals surface area contributed by atoms with E-state index in [1.807, 2.05) is 6.07 Å². The van der Waals surface area contributed by atoms with E-state index < -0.39 is 0 Å². The van der Waals surface area contributed by atoms with Gasteiger partial charge in [0, 0.05) is 32.4 Å². The molecule has 0 aliphatic carbocycles. The van der Waals surface area contributed by atoms with Crippen LogP contribution in [0.3, 0.4) is 0 Å². The molecule has 1 unspecified atom stereocenters. The average Bonchev–Trinajstić information content (AvgIpc) is 3.22. The van der Waals surface area contributed by atoms with E-state index in [9.17, 15) is 4.39 Å². The Balaban J connectivity index is 1.53. The van der Waals surface area contributed by atoms with Crippen LogP contribution in [-0.4, -0.2) is 32.6 Å². The molecular formula is C22H29FN4.